The van der Waals surface area contributed by atoms with Crippen LogP contribution in [0.1, 0.15) is 38.2 Å². The lowest BCUT2D eigenvalue weighted by Crippen LogP contribution is -2.37. The maximum atomic E-state index is 12.6. The minimum atomic E-state index is -4.16. The number of aliphatic carboxylic acids is 1. The van der Waals surface area contributed by atoms with Gasteiger partial charge < -0.3 is 14.6 Å². The van der Waals surface area contributed by atoms with Crippen LogP contribution >= 0.6 is 0 Å². The molecule has 2 N–H and O–H groups in total. The van der Waals surface area contributed by atoms with Gasteiger partial charge in [-0.1, -0.05) is 38.1 Å². The standard InChI is InChI=1S/C20H23NO6S/c1-3-14(2)15-8-10-17(11-9-15)27-18-6-4-5-7-19(18)28(25,26)21-16(13-22)12-20(23)24/h4-11,13-14,16,21H,3,12H2,1-2H3,(H,23,24). The molecule has 0 saturated carbocycles. The van der Waals surface area contributed by atoms with Gasteiger partial charge in [0.05, 0.1) is 12.5 Å². The summed E-state index contributed by atoms with van der Waals surface area (Å²) in [7, 11) is -4.16. The third kappa shape index (κ3) is 5.64. The van der Waals surface area contributed by atoms with Crippen molar-refractivity contribution < 1.29 is 27.9 Å². The van der Waals surface area contributed by atoms with Gasteiger partial charge in [0.15, 0.2) is 0 Å². The van der Waals surface area contributed by atoms with E-state index in [9.17, 15) is 18.0 Å². The second-order valence-electron chi connectivity index (χ2n) is 6.39. The Bertz CT molecular complexity index is 924. The maximum Gasteiger partial charge on any atom is 0.305 e. The number of carbonyl (C=O) groups excluding carboxylic acids is 1. The van der Waals surface area contributed by atoms with Gasteiger partial charge in [0.1, 0.15) is 22.7 Å². The van der Waals surface area contributed by atoms with Gasteiger partial charge in [0.2, 0.25) is 10.0 Å². The Morgan fingerprint density at radius 2 is 1.82 bits per heavy atom. The van der Waals surface area contributed by atoms with Crippen LogP contribution in [0.2, 0.25) is 0 Å². The Morgan fingerprint density at radius 1 is 1.18 bits per heavy atom. The molecule has 2 aromatic rings. The first-order valence-corrected chi connectivity index (χ1v) is 10.3. The highest BCUT2D eigenvalue weighted by molar-refractivity contribution is 7.89. The molecule has 0 spiro atoms. The number of benzene rings is 2. The molecule has 0 radical (unpaired) electrons. The van der Waals surface area contributed by atoms with Crippen molar-refractivity contribution >= 4 is 22.3 Å². The van der Waals surface area contributed by atoms with E-state index >= 15 is 0 Å². The van der Waals surface area contributed by atoms with Crippen molar-refractivity contribution in [3.63, 3.8) is 0 Å². The summed E-state index contributed by atoms with van der Waals surface area (Å²) in [6.07, 6.45) is 0.604. The van der Waals surface area contributed by atoms with E-state index in [4.69, 9.17) is 9.84 Å². The largest absolute Gasteiger partial charge is 0.481 e. The summed E-state index contributed by atoms with van der Waals surface area (Å²) in [6.45, 7) is 4.21. The van der Waals surface area contributed by atoms with E-state index in [0.29, 0.717) is 11.7 Å². The van der Waals surface area contributed by atoms with Crippen LogP contribution in [0.3, 0.4) is 0 Å². The molecule has 28 heavy (non-hydrogen) atoms. The Hall–Kier alpha value is -2.71. The van der Waals surface area contributed by atoms with Gasteiger partial charge in [-0.25, -0.2) is 13.1 Å². The molecule has 0 aliphatic carbocycles. The maximum absolute atomic E-state index is 12.6. The van der Waals surface area contributed by atoms with E-state index in [1.165, 1.54) is 18.2 Å². The van der Waals surface area contributed by atoms with Crippen LogP contribution in [0.4, 0.5) is 0 Å². The molecular weight excluding hydrogens is 382 g/mol. The highest BCUT2D eigenvalue weighted by atomic mass is 32.2. The first kappa shape index (κ1) is 21.6. The lowest BCUT2D eigenvalue weighted by Gasteiger charge is -2.15. The number of carboxylic acids is 1. The van der Waals surface area contributed by atoms with Crippen LogP contribution in [0, 0.1) is 0 Å². The Morgan fingerprint density at radius 3 is 2.39 bits per heavy atom. The molecule has 0 bridgehead atoms. The van der Waals surface area contributed by atoms with E-state index in [1.54, 1.807) is 18.2 Å². The molecule has 2 aromatic carbocycles. The fraction of sp³-hybridized carbons (Fsp3) is 0.300. The van der Waals surface area contributed by atoms with Crippen LogP contribution in [-0.2, 0) is 19.6 Å². The van der Waals surface area contributed by atoms with E-state index < -0.39 is 28.5 Å². The fourth-order valence-corrected chi connectivity index (χ4v) is 3.85. The number of carbonyl (C=O) groups is 2. The number of carboxylic acid groups (broad SMARTS) is 1. The van der Waals surface area contributed by atoms with Crippen LogP contribution in [0.25, 0.3) is 0 Å². The number of sulfonamides is 1. The van der Waals surface area contributed by atoms with E-state index in [1.807, 2.05) is 12.1 Å². The van der Waals surface area contributed by atoms with Gasteiger partial charge in [-0.3, -0.25) is 4.79 Å². The van der Waals surface area contributed by atoms with Crippen LogP contribution in [0.15, 0.2) is 53.4 Å². The predicted octanol–water partition coefficient (Wildman–Crippen LogP) is 3.31. The van der Waals surface area contributed by atoms with Crippen LogP contribution < -0.4 is 9.46 Å². The molecule has 2 unspecified atom stereocenters. The van der Waals surface area contributed by atoms with Crippen LogP contribution in [0.5, 0.6) is 11.5 Å². The van der Waals surface area contributed by atoms with Gasteiger partial charge in [-0.15, -0.1) is 0 Å². The number of aldehydes is 1. The molecule has 0 aromatic heterocycles. The van der Waals surface area contributed by atoms with Gasteiger partial charge >= 0.3 is 5.97 Å². The zero-order valence-electron chi connectivity index (χ0n) is 15.7. The quantitative estimate of drug-likeness (QED) is 0.587. The summed E-state index contributed by atoms with van der Waals surface area (Å²) >= 11 is 0. The first-order chi connectivity index (χ1) is 13.3. The van der Waals surface area contributed by atoms with Crippen molar-refractivity contribution in [3.8, 4) is 11.5 Å². The second kappa shape index (κ2) is 9.48. The van der Waals surface area contributed by atoms with Crippen molar-refractivity contribution in [3.05, 3.63) is 54.1 Å². The highest BCUT2D eigenvalue weighted by Gasteiger charge is 2.25. The molecule has 150 valence electrons. The van der Waals surface area contributed by atoms with Crippen molar-refractivity contribution in [2.45, 2.75) is 43.5 Å². The second-order valence-corrected chi connectivity index (χ2v) is 8.07. The number of para-hydroxylation sites is 1. The molecular formula is C20H23NO6S. The van der Waals surface area contributed by atoms with E-state index in [2.05, 4.69) is 18.6 Å². The number of nitrogens with one attached hydrogen (secondary N) is 1. The number of hydrogen-bond donors (Lipinski definition) is 2. The number of hydrogen-bond acceptors (Lipinski definition) is 5. The molecule has 0 heterocycles. The number of ether oxygens (including phenoxy) is 1. The lowest BCUT2D eigenvalue weighted by molar-refractivity contribution is -0.138. The SMILES string of the molecule is CCC(C)c1ccc(Oc2ccccc2S(=O)(=O)NC(C=O)CC(=O)O)cc1. The zero-order valence-corrected chi connectivity index (χ0v) is 16.5. The predicted molar refractivity (Wildman–Crippen MR) is 104 cm³/mol. The van der Waals surface area contributed by atoms with Crippen molar-refractivity contribution in [1.82, 2.24) is 4.72 Å². The minimum absolute atomic E-state index is 0.0752. The summed E-state index contributed by atoms with van der Waals surface area (Å²) in [5, 5.41) is 8.79. The van der Waals surface area contributed by atoms with Gasteiger partial charge in [0.25, 0.3) is 0 Å². The average molecular weight is 405 g/mol. The summed E-state index contributed by atoms with van der Waals surface area (Å²) in [6, 6.07) is 12.0. The van der Waals surface area contributed by atoms with Gasteiger partial charge in [0, 0.05) is 0 Å². The highest BCUT2D eigenvalue weighted by Crippen LogP contribution is 2.30. The van der Waals surface area contributed by atoms with Crippen LogP contribution in [-0.4, -0.2) is 31.8 Å². The third-order valence-corrected chi connectivity index (χ3v) is 5.82. The molecule has 0 aliphatic heterocycles. The van der Waals surface area contributed by atoms with Gasteiger partial charge in [-0.05, 0) is 42.2 Å². The molecule has 2 atom stereocenters. The molecule has 0 aliphatic rings. The van der Waals surface area contributed by atoms with Gasteiger partial charge in [-0.2, -0.15) is 0 Å². The Kier molecular flexibility index (Phi) is 7.31. The van der Waals surface area contributed by atoms with Crippen molar-refractivity contribution in [1.29, 1.82) is 0 Å². The molecule has 8 heteroatoms. The summed E-state index contributed by atoms with van der Waals surface area (Å²) in [4.78, 5) is 21.6. The monoisotopic (exact) mass is 405 g/mol. The molecule has 7 nitrogen and oxygen atoms in total. The topological polar surface area (TPSA) is 110 Å². The third-order valence-electron chi connectivity index (χ3n) is 4.29. The Labute approximate surface area is 164 Å². The minimum Gasteiger partial charge on any atom is -0.481 e. The molecule has 2 rings (SSSR count). The average Bonchev–Trinajstić information content (AvgIpc) is 2.67. The summed E-state index contributed by atoms with van der Waals surface area (Å²) < 4.78 is 33.1. The zero-order chi connectivity index (χ0) is 20.7. The summed E-state index contributed by atoms with van der Waals surface area (Å²) in [5.74, 6) is -0.343. The smallest absolute Gasteiger partial charge is 0.305 e. The normalized spacial score (nSPS) is 13.5. The summed E-state index contributed by atoms with van der Waals surface area (Å²) in [5.41, 5.74) is 1.15. The molecule has 0 amide bonds. The van der Waals surface area contributed by atoms with E-state index in [-0.39, 0.29) is 16.9 Å². The lowest BCUT2D eigenvalue weighted by atomic mass is 9.99. The first-order valence-electron chi connectivity index (χ1n) is 8.83. The van der Waals surface area contributed by atoms with Crippen molar-refractivity contribution in [2.75, 3.05) is 0 Å². The Balaban J connectivity index is 2.26. The molecule has 0 saturated heterocycles. The molecule has 0 fully saturated rings. The van der Waals surface area contributed by atoms with Crippen molar-refractivity contribution in [2.24, 2.45) is 0 Å². The number of rotatable bonds is 10. The van der Waals surface area contributed by atoms with E-state index in [0.717, 1.165) is 12.0 Å². The fourth-order valence-electron chi connectivity index (χ4n) is 2.55.